The van der Waals surface area contributed by atoms with Gasteiger partial charge in [0.2, 0.25) is 0 Å². The lowest BCUT2D eigenvalue weighted by Crippen LogP contribution is -2.41. The number of fused-ring (bicyclic) bond motifs is 1. The molecule has 0 bridgehead atoms. The van der Waals surface area contributed by atoms with E-state index in [1.54, 1.807) is 11.3 Å². The van der Waals surface area contributed by atoms with E-state index in [9.17, 15) is 18.0 Å². The van der Waals surface area contributed by atoms with Crippen LogP contribution in [0.4, 0.5) is 13.2 Å². The Labute approximate surface area is 204 Å². The number of aromatic nitrogens is 2. The van der Waals surface area contributed by atoms with Gasteiger partial charge in [0, 0.05) is 43.7 Å². The quantitative estimate of drug-likeness (QED) is 0.521. The van der Waals surface area contributed by atoms with E-state index < -0.39 is 12.1 Å². The summed E-state index contributed by atoms with van der Waals surface area (Å²) >= 11 is 1.67. The van der Waals surface area contributed by atoms with Crippen LogP contribution < -0.4 is 5.32 Å². The Hall–Kier alpha value is -2.96. The molecule has 35 heavy (non-hydrogen) atoms. The number of pyridine rings is 1. The van der Waals surface area contributed by atoms with Crippen molar-refractivity contribution in [2.24, 2.45) is 0 Å². The van der Waals surface area contributed by atoms with Gasteiger partial charge >= 0.3 is 12.1 Å². The van der Waals surface area contributed by atoms with Crippen LogP contribution in [-0.4, -0.2) is 76.8 Å². The van der Waals surface area contributed by atoms with E-state index in [-0.39, 0.29) is 5.91 Å². The highest BCUT2D eigenvalue weighted by Gasteiger charge is 2.38. The molecule has 12 heteroatoms. The molecular formula is C23H27F3N4O4S. The van der Waals surface area contributed by atoms with Crippen LogP contribution in [0.1, 0.15) is 35.1 Å². The summed E-state index contributed by atoms with van der Waals surface area (Å²) in [7, 11) is 0. The van der Waals surface area contributed by atoms with Gasteiger partial charge in [-0.3, -0.25) is 9.69 Å². The molecule has 1 aliphatic heterocycles. The number of nitrogens with zero attached hydrogens (tertiary/aromatic N) is 3. The molecule has 3 aromatic rings. The van der Waals surface area contributed by atoms with Crippen molar-refractivity contribution >= 4 is 28.7 Å². The Balaban J connectivity index is 0.000000429. The molecular weight excluding hydrogens is 485 g/mol. The number of halogens is 3. The zero-order valence-electron chi connectivity index (χ0n) is 19.3. The largest absolute Gasteiger partial charge is 0.490 e. The lowest BCUT2D eigenvalue weighted by atomic mass is 10.2. The van der Waals surface area contributed by atoms with Crippen molar-refractivity contribution in [3.63, 3.8) is 0 Å². The maximum absolute atomic E-state index is 12.9. The van der Waals surface area contributed by atoms with Gasteiger partial charge in [0.15, 0.2) is 0 Å². The van der Waals surface area contributed by atoms with Crippen molar-refractivity contribution in [1.82, 2.24) is 19.6 Å². The van der Waals surface area contributed by atoms with Crippen LogP contribution in [0.25, 0.3) is 16.9 Å². The number of rotatable bonds is 6. The average Bonchev–Trinajstić information content (AvgIpc) is 3.45. The molecule has 0 spiro atoms. The van der Waals surface area contributed by atoms with Gasteiger partial charge in [0.1, 0.15) is 0 Å². The summed E-state index contributed by atoms with van der Waals surface area (Å²) in [5, 5.41) is 13.4. The van der Waals surface area contributed by atoms with Gasteiger partial charge in [-0.1, -0.05) is 19.9 Å². The predicted molar refractivity (Wildman–Crippen MR) is 126 cm³/mol. The number of carboxylic acids is 1. The van der Waals surface area contributed by atoms with Crippen LogP contribution in [0, 0.1) is 0 Å². The maximum Gasteiger partial charge on any atom is 0.490 e. The molecule has 0 radical (unpaired) electrons. The topological polar surface area (TPSA) is 96.2 Å². The normalized spacial score (nSPS) is 14.6. The summed E-state index contributed by atoms with van der Waals surface area (Å²) in [6, 6.07) is 7.88. The molecule has 0 saturated carbocycles. The Morgan fingerprint density at radius 2 is 1.94 bits per heavy atom. The van der Waals surface area contributed by atoms with Gasteiger partial charge in [-0.05, 0) is 18.2 Å². The third-order valence-corrected chi connectivity index (χ3v) is 6.40. The molecule has 190 valence electrons. The second-order valence-corrected chi connectivity index (χ2v) is 9.03. The highest BCUT2D eigenvalue weighted by atomic mass is 32.1. The van der Waals surface area contributed by atoms with Gasteiger partial charge in [-0.2, -0.15) is 13.2 Å². The summed E-state index contributed by atoms with van der Waals surface area (Å²) in [4.78, 5) is 28.9. The third-order valence-electron chi connectivity index (χ3n) is 5.26. The van der Waals surface area contributed by atoms with E-state index >= 15 is 0 Å². The Morgan fingerprint density at radius 1 is 1.26 bits per heavy atom. The van der Waals surface area contributed by atoms with Crippen LogP contribution in [0.2, 0.25) is 0 Å². The number of hydrogen-bond donors (Lipinski definition) is 2. The lowest BCUT2D eigenvalue weighted by molar-refractivity contribution is -0.192. The summed E-state index contributed by atoms with van der Waals surface area (Å²) in [5.74, 6) is -2.40. The molecule has 1 amide bonds. The number of aliphatic carboxylic acids is 1. The van der Waals surface area contributed by atoms with Crippen molar-refractivity contribution in [2.45, 2.75) is 25.9 Å². The first-order valence-corrected chi connectivity index (χ1v) is 11.9. The van der Waals surface area contributed by atoms with Gasteiger partial charge in [-0.15, -0.1) is 11.3 Å². The monoisotopic (exact) mass is 512 g/mol. The van der Waals surface area contributed by atoms with Gasteiger partial charge in [-0.25, -0.2) is 9.78 Å². The Morgan fingerprint density at radius 3 is 2.54 bits per heavy atom. The molecule has 3 aromatic heterocycles. The fraction of sp³-hybridized carbons (Fsp3) is 0.435. The summed E-state index contributed by atoms with van der Waals surface area (Å²) < 4.78 is 39.2. The molecule has 4 heterocycles. The molecule has 8 nitrogen and oxygen atoms in total. The highest BCUT2D eigenvalue weighted by molar-refractivity contribution is 7.10. The van der Waals surface area contributed by atoms with Crippen molar-refractivity contribution < 1.29 is 32.6 Å². The number of ether oxygens (including phenoxy) is 1. The number of carbonyl (C=O) groups is 2. The Kier molecular flexibility index (Phi) is 8.87. The van der Waals surface area contributed by atoms with E-state index in [0.717, 1.165) is 54.8 Å². The predicted octanol–water partition coefficient (Wildman–Crippen LogP) is 3.88. The van der Waals surface area contributed by atoms with E-state index in [2.05, 4.69) is 33.8 Å². The van der Waals surface area contributed by atoms with Gasteiger partial charge in [0.25, 0.3) is 5.91 Å². The first kappa shape index (κ1) is 26.6. The van der Waals surface area contributed by atoms with Crippen molar-refractivity contribution in [2.75, 3.05) is 39.4 Å². The van der Waals surface area contributed by atoms with Crippen molar-refractivity contribution in [3.05, 3.63) is 46.4 Å². The first-order valence-electron chi connectivity index (χ1n) is 11.0. The standard InChI is InChI=1S/C21H26N4O2S.C2HF3O2/c1-15(2)21-23-17(14-28-21)19-13-16(18-5-3-4-7-25(18)19)20(26)22-6-8-24-9-11-27-12-10-24;3-2(4,5)1(6)7/h3-5,7,13-15H,6,8-12H2,1-2H3,(H,22,26);(H,6,7). The van der Waals surface area contributed by atoms with E-state index in [1.165, 1.54) is 0 Å². The van der Waals surface area contributed by atoms with E-state index in [1.807, 2.05) is 30.5 Å². The molecule has 0 aliphatic carbocycles. The van der Waals surface area contributed by atoms with Gasteiger partial charge in [0.05, 0.1) is 40.7 Å². The fourth-order valence-electron chi connectivity index (χ4n) is 3.45. The fourth-order valence-corrected chi connectivity index (χ4v) is 4.28. The van der Waals surface area contributed by atoms with Gasteiger partial charge < -0.3 is 19.6 Å². The zero-order chi connectivity index (χ0) is 25.6. The van der Waals surface area contributed by atoms with Crippen molar-refractivity contribution in [3.8, 4) is 11.4 Å². The minimum Gasteiger partial charge on any atom is -0.475 e. The molecule has 1 fully saturated rings. The Bertz CT molecular complexity index is 1150. The first-order chi connectivity index (χ1) is 16.6. The second kappa shape index (κ2) is 11.6. The smallest absolute Gasteiger partial charge is 0.475 e. The molecule has 0 aromatic carbocycles. The van der Waals surface area contributed by atoms with Crippen molar-refractivity contribution in [1.29, 1.82) is 0 Å². The molecule has 0 unspecified atom stereocenters. The SMILES string of the molecule is CC(C)c1nc(-c2cc(C(=O)NCCN3CCOCC3)c3ccccn23)cs1.O=C(O)C(F)(F)F. The molecule has 4 rings (SSSR count). The third kappa shape index (κ3) is 7.03. The number of alkyl halides is 3. The summed E-state index contributed by atoms with van der Waals surface area (Å²) in [6.07, 6.45) is -3.09. The molecule has 2 N–H and O–H groups in total. The van der Waals surface area contributed by atoms with E-state index in [0.29, 0.717) is 18.0 Å². The zero-order valence-corrected chi connectivity index (χ0v) is 20.2. The highest BCUT2D eigenvalue weighted by Crippen LogP contribution is 2.29. The average molecular weight is 513 g/mol. The number of carboxylic acid groups (broad SMARTS) is 1. The molecule has 1 saturated heterocycles. The maximum atomic E-state index is 12.9. The second-order valence-electron chi connectivity index (χ2n) is 8.14. The van der Waals surface area contributed by atoms with Crippen LogP contribution in [-0.2, 0) is 9.53 Å². The lowest BCUT2D eigenvalue weighted by Gasteiger charge is -2.26. The number of carbonyl (C=O) groups excluding carboxylic acids is 1. The van der Waals surface area contributed by atoms with Crippen LogP contribution in [0.5, 0.6) is 0 Å². The van der Waals surface area contributed by atoms with E-state index in [4.69, 9.17) is 19.6 Å². The minimum absolute atomic E-state index is 0.0393. The summed E-state index contributed by atoms with van der Waals surface area (Å²) in [6.45, 7) is 9.16. The summed E-state index contributed by atoms with van der Waals surface area (Å²) in [5.41, 5.74) is 3.47. The number of nitrogens with one attached hydrogen (secondary N) is 1. The van der Waals surface area contributed by atoms with Crippen LogP contribution >= 0.6 is 11.3 Å². The number of morpholine rings is 1. The molecule has 1 aliphatic rings. The van der Waals surface area contributed by atoms with Crippen LogP contribution in [0.3, 0.4) is 0 Å². The number of hydrogen-bond acceptors (Lipinski definition) is 6. The number of thiazole rings is 1. The van der Waals surface area contributed by atoms with Crippen LogP contribution in [0.15, 0.2) is 35.8 Å². The molecule has 0 atom stereocenters. The number of amides is 1. The minimum atomic E-state index is -5.08.